The van der Waals surface area contributed by atoms with Crippen molar-refractivity contribution in [1.82, 2.24) is 15.2 Å². The zero-order valence-electron chi connectivity index (χ0n) is 14.1. The predicted molar refractivity (Wildman–Crippen MR) is 94.3 cm³/mol. The molecular weight excluding hydrogens is 302 g/mol. The van der Waals surface area contributed by atoms with Crippen LogP contribution in [0.15, 0.2) is 24.3 Å². The molecule has 5 nitrogen and oxygen atoms in total. The van der Waals surface area contributed by atoms with Gasteiger partial charge in [-0.2, -0.15) is 0 Å². The van der Waals surface area contributed by atoms with Gasteiger partial charge in [-0.15, -0.1) is 0 Å². The second-order valence-electron chi connectivity index (χ2n) is 7.07. The summed E-state index contributed by atoms with van der Waals surface area (Å²) in [6.45, 7) is 6.01. The maximum atomic E-state index is 11.9. The molecule has 3 aliphatic heterocycles. The highest BCUT2D eigenvalue weighted by Crippen LogP contribution is 2.43. The molecule has 3 fully saturated rings. The SMILES string of the molecule is CCNC(C(=O)O)c1c(C2CN3CCC2CC3)[nH]c2ccccc12. The Morgan fingerprint density at radius 3 is 2.75 bits per heavy atom. The Labute approximate surface area is 142 Å². The average molecular weight is 327 g/mol. The summed E-state index contributed by atoms with van der Waals surface area (Å²) in [6.07, 6.45) is 2.44. The number of likely N-dealkylation sites (N-methyl/N-ethyl adjacent to an activating group) is 1. The number of nitrogens with zero attached hydrogens (tertiary/aromatic N) is 1. The van der Waals surface area contributed by atoms with Gasteiger partial charge in [-0.25, -0.2) is 0 Å². The van der Waals surface area contributed by atoms with Crippen LogP contribution in [0.5, 0.6) is 0 Å². The molecule has 2 bridgehead atoms. The fraction of sp³-hybridized carbons (Fsp3) is 0.526. The maximum Gasteiger partial charge on any atom is 0.325 e. The number of para-hydroxylation sites is 1. The van der Waals surface area contributed by atoms with Crippen LogP contribution in [0.4, 0.5) is 0 Å². The minimum Gasteiger partial charge on any atom is -0.480 e. The summed E-state index contributed by atoms with van der Waals surface area (Å²) < 4.78 is 0. The highest BCUT2D eigenvalue weighted by atomic mass is 16.4. The number of rotatable bonds is 5. The number of H-pyrrole nitrogens is 1. The van der Waals surface area contributed by atoms with Crippen molar-refractivity contribution in [2.75, 3.05) is 26.2 Å². The summed E-state index contributed by atoms with van der Waals surface area (Å²) in [5, 5.41) is 14.0. The van der Waals surface area contributed by atoms with Crippen molar-refractivity contribution in [1.29, 1.82) is 0 Å². The molecule has 24 heavy (non-hydrogen) atoms. The molecule has 1 aromatic heterocycles. The van der Waals surface area contributed by atoms with Gasteiger partial charge in [0.15, 0.2) is 0 Å². The van der Waals surface area contributed by atoms with E-state index in [9.17, 15) is 9.90 Å². The molecule has 0 spiro atoms. The van der Waals surface area contributed by atoms with Crippen LogP contribution < -0.4 is 5.32 Å². The highest BCUT2D eigenvalue weighted by Gasteiger charge is 2.39. The van der Waals surface area contributed by atoms with Crippen molar-refractivity contribution in [3.63, 3.8) is 0 Å². The van der Waals surface area contributed by atoms with Crippen molar-refractivity contribution in [3.8, 4) is 0 Å². The van der Waals surface area contributed by atoms with Crippen LogP contribution in [-0.4, -0.2) is 47.1 Å². The van der Waals surface area contributed by atoms with Gasteiger partial charge in [0.1, 0.15) is 6.04 Å². The summed E-state index contributed by atoms with van der Waals surface area (Å²) >= 11 is 0. The second kappa shape index (κ2) is 6.22. The number of fused-ring (bicyclic) bond motifs is 4. The fourth-order valence-electron chi connectivity index (χ4n) is 4.60. The van der Waals surface area contributed by atoms with Gasteiger partial charge in [0, 0.05) is 34.6 Å². The van der Waals surface area contributed by atoms with E-state index in [0.29, 0.717) is 18.4 Å². The lowest BCUT2D eigenvalue weighted by Gasteiger charge is -2.45. The standard InChI is InChI=1S/C19H25N3O2/c1-2-20-18(19(23)24)16-13-5-3-4-6-15(13)21-17(16)14-11-22-9-7-12(14)8-10-22/h3-6,12,14,18,20-21H,2,7-11H2,1H3,(H,23,24). The van der Waals surface area contributed by atoms with Crippen LogP contribution in [0.1, 0.15) is 43.0 Å². The molecule has 2 unspecified atom stereocenters. The number of nitrogens with one attached hydrogen (secondary N) is 2. The van der Waals surface area contributed by atoms with Crippen molar-refractivity contribution < 1.29 is 9.90 Å². The van der Waals surface area contributed by atoms with Crippen LogP contribution in [0, 0.1) is 5.92 Å². The molecule has 0 aliphatic carbocycles. The molecule has 3 saturated heterocycles. The van der Waals surface area contributed by atoms with Crippen molar-refractivity contribution in [2.45, 2.75) is 31.7 Å². The molecule has 2 atom stereocenters. The van der Waals surface area contributed by atoms with E-state index in [1.54, 1.807) is 0 Å². The minimum atomic E-state index is -0.802. The van der Waals surface area contributed by atoms with Crippen LogP contribution in [0.2, 0.25) is 0 Å². The lowest BCUT2D eigenvalue weighted by atomic mass is 9.76. The number of piperidine rings is 3. The molecular formula is C19H25N3O2. The lowest BCUT2D eigenvalue weighted by Crippen LogP contribution is -2.46. The molecule has 3 N–H and O–H groups in total. The van der Waals surface area contributed by atoms with Crippen LogP contribution in [-0.2, 0) is 4.79 Å². The van der Waals surface area contributed by atoms with E-state index >= 15 is 0 Å². The number of aromatic nitrogens is 1. The highest BCUT2D eigenvalue weighted by molar-refractivity contribution is 5.90. The quantitative estimate of drug-likeness (QED) is 0.790. The molecule has 2 aromatic rings. The van der Waals surface area contributed by atoms with Gasteiger partial charge in [-0.05, 0) is 44.5 Å². The molecule has 3 aliphatic rings. The molecule has 5 rings (SSSR count). The summed E-state index contributed by atoms with van der Waals surface area (Å²) in [6, 6.07) is 7.43. The number of carbonyl (C=O) groups is 1. The van der Waals surface area contributed by atoms with E-state index in [-0.39, 0.29) is 0 Å². The number of hydrogen-bond acceptors (Lipinski definition) is 3. The Morgan fingerprint density at radius 1 is 1.38 bits per heavy atom. The molecule has 5 heteroatoms. The molecule has 4 heterocycles. The Bertz CT molecular complexity index is 746. The maximum absolute atomic E-state index is 11.9. The number of aliphatic carboxylic acids is 1. The first kappa shape index (κ1) is 15.7. The third kappa shape index (κ3) is 2.52. The van der Waals surface area contributed by atoms with Gasteiger partial charge >= 0.3 is 5.97 Å². The molecule has 0 saturated carbocycles. The lowest BCUT2D eigenvalue weighted by molar-refractivity contribution is -0.139. The van der Waals surface area contributed by atoms with E-state index in [4.69, 9.17) is 0 Å². The van der Waals surface area contributed by atoms with Crippen LogP contribution in [0.3, 0.4) is 0 Å². The van der Waals surface area contributed by atoms with E-state index < -0.39 is 12.0 Å². The van der Waals surface area contributed by atoms with Crippen LogP contribution >= 0.6 is 0 Å². The Kier molecular flexibility index (Phi) is 4.06. The number of benzene rings is 1. The zero-order chi connectivity index (χ0) is 16.7. The van der Waals surface area contributed by atoms with E-state index in [1.807, 2.05) is 25.1 Å². The van der Waals surface area contributed by atoms with E-state index in [1.165, 1.54) is 25.9 Å². The number of aromatic amines is 1. The second-order valence-corrected chi connectivity index (χ2v) is 7.07. The smallest absolute Gasteiger partial charge is 0.325 e. The third-order valence-electron chi connectivity index (χ3n) is 5.75. The monoisotopic (exact) mass is 327 g/mol. The average Bonchev–Trinajstić information content (AvgIpc) is 2.99. The number of carboxylic acid groups (broad SMARTS) is 1. The normalized spacial score (nSPS) is 27.5. The van der Waals surface area contributed by atoms with Gasteiger partial charge < -0.3 is 20.3 Å². The zero-order valence-corrected chi connectivity index (χ0v) is 14.1. The summed E-state index contributed by atoms with van der Waals surface area (Å²) in [7, 11) is 0. The summed E-state index contributed by atoms with van der Waals surface area (Å²) in [5.41, 5.74) is 3.13. The summed E-state index contributed by atoms with van der Waals surface area (Å²) in [4.78, 5) is 18.0. The first-order chi connectivity index (χ1) is 11.7. The Hall–Kier alpha value is -1.85. The van der Waals surface area contributed by atoms with Gasteiger partial charge in [0.2, 0.25) is 0 Å². The van der Waals surface area contributed by atoms with Gasteiger partial charge in [0.25, 0.3) is 0 Å². The van der Waals surface area contributed by atoms with Gasteiger partial charge in [0.05, 0.1) is 0 Å². The number of hydrogen-bond donors (Lipinski definition) is 3. The first-order valence-electron chi connectivity index (χ1n) is 8.98. The van der Waals surface area contributed by atoms with Gasteiger partial charge in [-0.3, -0.25) is 4.79 Å². The largest absolute Gasteiger partial charge is 0.480 e. The topological polar surface area (TPSA) is 68.4 Å². The summed E-state index contributed by atoms with van der Waals surface area (Å²) in [5.74, 6) is 0.275. The fourth-order valence-corrected chi connectivity index (χ4v) is 4.60. The van der Waals surface area contributed by atoms with Crippen LogP contribution in [0.25, 0.3) is 10.9 Å². The van der Waals surface area contributed by atoms with E-state index in [0.717, 1.165) is 28.7 Å². The van der Waals surface area contributed by atoms with Gasteiger partial charge in [-0.1, -0.05) is 25.1 Å². The van der Waals surface area contributed by atoms with Crippen molar-refractivity contribution >= 4 is 16.9 Å². The van der Waals surface area contributed by atoms with E-state index in [2.05, 4.69) is 21.3 Å². The molecule has 0 radical (unpaired) electrons. The van der Waals surface area contributed by atoms with Crippen molar-refractivity contribution in [2.24, 2.45) is 5.92 Å². The predicted octanol–water partition coefficient (Wildman–Crippen LogP) is 2.71. The first-order valence-corrected chi connectivity index (χ1v) is 8.98. The van der Waals surface area contributed by atoms with Crippen molar-refractivity contribution in [3.05, 3.63) is 35.5 Å². The molecule has 128 valence electrons. The Morgan fingerprint density at radius 2 is 2.12 bits per heavy atom. The number of carboxylic acids is 1. The molecule has 1 aromatic carbocycles. The molecule has 0 amide bonds. The minimum absolute atomic E-state index is 0.412. The Balaban J connectivity index is 1.85. The third-order valence-corrected chi connectivity index (χ3v) is 5.75.